The molecule has 0 radical (unpaired) electrons. The van der Waals surface area contributed by atoms with Crippen LogP contribution >= 0.6 is 0 Å². The average molecular weight is 382 g/mol. The SMILES string of the molecule is COc1ccc(NC(C)=O)cc1NC(=O)COc1nnc(-c2ccccc2)o1. The van der Waals surface area contributed by atoms with Crippen molar-refractivity contribution in [3.63, 3.8) is 0 Å². The summed E-state index contributed by atoms with van der Waals surface area (Å²) < 4.78 is 15.8. The summed E-state index contributed by atoms with van der Waals surface area (Å²) in [5.41, 5.74) is 1.65. The van der Waals surface area contributed by atoms with E-state index in [0.717, 1.165) is 5.56 Å². The standard InChI is InChI=1S/C19H18N4O5/c1-12(24)20-14-8-9-16(26-2)15(10-14)21-17(25)11-27-19-23-22-18(28-19)13-6-4-3-5-7-13/h3-10H,11H2,1-2H3,(H,20,24)(H,21,25). The van der Waals surface area contributed by atoms with Crippen molar-refractivity contribution in [2.75, 3.05) is 24.4 Å². The summed E-state index contributed by atoms with van der Waals surface area (Å²) in [4.78, 5) is 23.4. The lowest BCUT2D eigenvalue weighted by Gasteiger charge is -2.12. The molecule has 28 heavy (non-hydrogen) atoms. The largest absolute Gasteiger partial charge is 0.495 e. The molecule has 0 bridgehead atoms. The van der Waals surface area contributed by atoms with Crippen molar-refractivity contribution in [3.8, 4) is 23.3 Å². The number of nitrogens with one attached hydrogen (secondary N) is 2. The fourth-order valence-corrected chi connectivity index (χ4v) is 2.37. The first-order chi connectivity index (χ1) is 13.5. The van der Waals surface area contributed by atoms with Crippen molar-refractivity contribution in [3.05, 3.63) is 48.5 Å². The third-order valence-corrected chi connectivity index (χ3v) is 3.55. The molecular formula is C19H18N4O5. The molecule has 9 heteroatoms. The summed E-state index contributed by atoms with van der Waals surface area (Å²) in [5, 5.41) is 12.9. The highest BCUT2D eigenvalue weighted by molar-refractivity contribution is 5.95. The second-order valence-corrected chi connectivity index (χ2v) is 5.67. The maximum atomic E-state index is 12.2. The highest BCUT2D eigenvalue weighted by atomic mass is 16.6. The monoisotopic (exact) mass is 382 g/mol. The Kier molecular flexibility index (Phi) is 5.85. The van der Waals surface area contributed by atoms with Gasteiger partial charge in [0.15, 0.2) is 6.61 Å². The minimum Gasteiger partial charge on any atom is -0.495 e. The van der Waals surface area contributed by atoms with Crippen LogP contribution in [0.5, 0.6) is 11.8 Å². The number of rotatable bonds is 7. The molecule has 1 heterocycles. The number of hydrogen-bond acceptors (Lipinski definition) is 7. The van der Waals surface area contributed by atoms with Crippen LogP contribution in [-0.4, -0.2) is 35.7 Å². The predicted octanol–water partition coefficient (Wildman–Crippen LogP) is 2.72. The smallest absolute Gasteiger partial charge is 0.415 e. The van der Waals surface area contributed by atoms with Crippen LogP contribution in [0.1, 0.15) is 6.92 Å². The van der Waals surface area contributed by atoms with Gasteiger partial charge in [-0.2, -0.15) is 0 Å². The highest BCUT2D eigenvalue weighted by Gasteiger charge is 2.13. The molecule has 3 rings (SSSR count). The Hall–Kier alpha value is -3.88. The first-order valence-electron chi connectivity index (χ1n) is 8.32. The fraction of sp³-hybridized carbons (Fsp3) is 0.158. The van der Waals surface area contributed by atoms with E-state index in [0.29, 0.717) is 23.0 Å². The number of carbonyl (C=O) groups is 2. The second kappa shape index (κ2) is 8.67. The molecule has 9 nitrogen and oxygen atoms in total. The molecule has 0 aliphatic heterocycles. The lowest BCUT2D eigenvalue weighted by atomic mass is 10.2. The molecule has 2 N–H and O–H groups in total. The number of benzene rings is 2. The zero-order valence-corrected chi connectivity index (χ0v) is 15.3. The Bertz CT molecular complexity index is 971. The Labute approximate surface area is 160 Å². The molecule has 0 aliphatic rings. The van der Waals surface area contributed by atoms with Gasteiger partial charge < -0.3 is 24.5 Å². The molecule has 0 saturated carbocycles. The van der Waals surface area contributed by atoms with Crippen molar-refractivity contribution in [2.45, 2.75) is 6.92 Å². The van der Waals surface area contributed by atoms with Crippen LogP contribution in [0.2, 0.25) is 0 Å². The molecular weight excluding hydrogens is 364 g/mol. The summed E-state index contributed by atoms with van der Waals surface area (Å²) in [6.45, 7) is 1.05. The summed E-state index contributed by atoms with van der Waals surface area (Å²) in [6.07, 6.45) is -0.118. The third-order valence-electron chi connectivity index (χ3n) is 3.55. The van der Waals surface area contributed by atoms with Crippen LogP contribution in [0.25, 0.3) is 11.5 Å². The van der Waals surface area contributed by atoms with E-state index in [2.05, 4.69) is 20.8 Å². The molecule has 2 amide bonds. The van der Waals surface area contributed by atoms with Gasteiger partial charge in [0, 0.05) is 18.2 Å². The van der Waals surface area contributed by atoms with Crippen LogP contribution in [0.3, 0.4) is 0 Å². The summed E-state index contributed by atoms with van der Waals surface area (Å²) in [5.74, 6) is 0.0430. The Morgan fingerprint density at radius 2 is 1.86 bits per heavy atom. The van der Waals surface area contributed by atoms with E-state index in [9.17, 15) is 9.59 Å². The van der Waals surface area contributed by atoms with Gasteiger partial charge in [0.2, 0.25) is 5.91 Å². The summed E-state index contributed by atoms with van der Waals surface area (Å²) >= 11 is 0. The number of anilines is 2. The normalized spacial score (nSPS) is 10.2. The van der Waals surface area contributed by atoms with E-state index < -0.39 is 5.91 Å². The first-order valence-corrected chi connectivity index (χ1v) is 8.32. The van der Waals surface area contributed by atoms with Crippen molar-refractivity contribution in [1.82, 2.24) is 10.2 Å². The fourth-order valence-electron chi connectivity index (χ4n) is 2.37. The van der Waals surface area contributed by atoms with Crippen LogP contribution in [0.15, 0.2) is 52.9 Å². The zero-order valence-electron chi connectivity index (χ0n) is 15.3. The van der Waals surface area contributed by atoms with Gasteiger partial charge in [-0.3, -0.25) is 9.59 Å². The Balaban J connectivity index is 1.61. The number of amides is 2. The summed E-state index contributed by atoms with van der Waals surface area (Å²) in [6, 6.07) is 14.1. The number of carbonyl (C=O) groups excluding carboxylic acids is 2. The highest BCUT2D eigenvalue weighted by Crippen LogP contribution is 2.28. The number of hydrogen-bond donors (Lipinski definition) is 2. The van der Waals surface area contributed by atoms with Crippen molar-refractivity contribution < 1.29 is 23.5 Å². The maximum Gasteiger partial charge on any atom is 0.415 e. The molecule has 0 spiro atoms. The Morgan fingerprint density at radius 1 is 1.07 bits per heavy atom. The summed E-state index contributed by atoms with van der Waals surface area (Å²) in [7, 11) is 1.48. The molecule has 144 valence electrons. The molecule has 0 saturated heterocycles. The van der Waals surface area contributed by atoms with Crippen LogP contribution < -0.4 is 20.1 Å². The van der Waals surface area contributed by atoms with E-state index >= 15 is 0 Å². The minimum absolute atomic E-state index is 0.118. The van der Waals surface area contributed by atoms with Gasteiger partial charge in [0.1, 0.15) is 5.75 Å². The molecule has 0 aliphatic carbocycles. The minimum atomic E-state index is -0.460. The van der Waals surface area contributed by atoms with Crippen LogP contribution in [0, 0.1) is 0 Å². The third kappa shape index (κ3) is 4.85. The van der Waals surface area contributed by atoms with E-state index in [-0.39, 0.29) is 18.6 Å². The number of ether oxygens (including phenoxy) is 2. The van der Waals surface area contributed by atoms with Crippen molar-refractivity contribution in [2.24, 2.45) is 0 Å². The van der Waals surface area contributed by atoms with Crippen molar-refractivity contribution in [1.29, 1.82) is 0 Å². The van der Waals surface area contributed by atoms with Crippen LogP contribution in [0.4, 0.5) is 11.4 Å². The number of aromatic nitrogens is 2. The van der Waals surface area contributed by atoms with Gasteiger partial charge in [0.25, 0.3) is 11.8 Å². The molecule has 0 atom stereocenters. The van der Waals surface area contributed by atoms with Gasteiger partial charge in [-0.15, -0.1) is 5.10 Å². The first kappa shape index (κ1) is 18.9. The quantitative estimate of drug-likeness (QED) is 0.645. The van der Waals surface area contributed by atoms with Gasteiger partial charge in [-0.05, 0) is 30.3 Å². The molecule has 1 aromatic heterocycles. The van der Waals surface area contributed by atoms with Gasteiger partial charge in [-0.25, -0.2) is 0 Å². The topological polar surface area (TPSA) is 116 Å². The molecule has 3 aromatic rings. The average Bonchev–Trinajstić information content (AvgIpc) is 3.16. The lowest BCUT2D eigenvalue weighted by Crippen LogP contribution is -2.20. The lowest BCUT2D eigenvalue weighted by molar-refractivity contribution is -0.118. The van der Waals surface area contributed by atoms with Crippen LogP contribution in [-0.2, 0) is 9.59 Å². The number of methoxy groups -OCH3 is 1. The van der Waals surface area contributed by atoms with E-state index in [1.807, 2.05) is 30.3 Å². The second-order valence-electron chi connectivity index (χ2n) is 5.67. The molecule has 0 unspecified atom stereocenters. The predicted molar refractivity (Wildman–Crippen MR) is 101 cm³/mol. The van der Waals surface area contributed by atoms with Gasteiger partial charge in [0.05, 0.1) is 12.8 Å². The van der Waals surface area contributed by atoms with E-state index in [4.69, 9.17) is 13.9 Å². The van der Waals surface area contributed by atoms with E-state index in [1.165, 1.54) is 14.0 Å². The number of nitrogens with zero attached hydrogens (tertiary/aromatic N) is 2. The Morgan fingerprint density at radius 3 is 2.57 bits per heavy atom. The van der Waals surface area contributed by atoms with Gasteiger partial charge >= 0.3 is 6.08 Å². The molecule has 2 aromatic carbocycles. The van der Waals surface area contributed by atoms with Crippen molar-refractivity contribution >= 4 is 23.2 Å². The zero-order chi connectivity index (χ0) is 19.9. The maximum absolute atomic E-state index is 12.2. The van der Waals surface area contributed by atoms with E-state index in [1.54, 1.807) is 18.2 Å². The van der Waals surface area contributed by atoms with Gasteiger partial charge in [-0.1, -0.05) is 23.3 Å². The molecule has 0 fully saturated rings.